The lowest BCUT2D eigenvalue weighted by Gasteiger charge is -2.12. The van der Waals surface area contributed by atoms with E-state index in [2.05, 4.69) is 34.6 Å². The van der Waals surface area contributed by atoms with Crippen LogP contribution < -0.4 is 5.32 Å². The van der Waals surface area contributed by atoms with Crippen molar-refractivity contribution in [3.8, 4) is 5.69 Å². The summed E-state index contributed by atoms with van der Waals surface area (Å²) in [6.07, 6.45) is 1.66. The van der Waals surface area contributed by atoms with E-state index < -0.39 is 0 Å². The summed E-state index contributed by atoms with van der Waals surface area (Å²) in [5, 5.41) is 11.8. The normalized spacial score (nSPS) is 10.7. The van der Waals surface area contributed by atoms with Gasteiger partial charge in [0.1, 0.15) is 6.33 Å². The number of nitrogens with zero attached hydrogens (tertiary/aromatic N) is 3. The number of anilines is 1. The monoisotopic (exact) mass is 352 g/mol. The number of hydrogen-bond acceptors (Lipinski definition) is 4. The SMILES string of the molecule is Cc1cc(C)c(NC(=O)CSc2nncn2-c2ccccc2)c(C)c1. The number of benzene rings is 2. The molecule has 2 aromatic carbocycles. The highest BCUT2D eigenvalue weighted by Crippen LogP contribution is 2.23. The van der Waals surface area contributed by atoms with E-state index in [9.17, 15) is 4.79 Å². The highest BCUT2D eigenvalue weighted by atomic mass is 32.2. The first kappa shape index (κ1) is 17.2. The number of hydrogen-bond donors (Lipinski definition) is 1. The van der Waals surface area contributed by atoms with Crippen LogP contribution in [0.25, 0.3) is 5.69 Å². The maximum atomic E-state index is 12.4. The van der Waals surface area contributed by atoms with E-state index >= 15 is 0 Å². The molecule has 1 N–H and O–H groups in total. The Labute approximate surface area is 151 Å². The average Bonchev–Trinajstić information content (AvgIpc) is 3.05. The lowest BCUT2D eigenvalue weighted by atomic mass is 10.1. The number of aromatic nitrogens is 3. The number of amides is 1. The van der Waals surface area contributed by atoms with Gasteiger partial charge in [0.25, 0.3) is 0 Å². The number of nitrogens with one attached hydrogen (secondary N) is 1. The van der Waals surface area contributed by atoms with Crippen LogP contribution in [-0.4, -0.2) is 26.4 Å². The predicted molar refractivity (Wildman–Crippen MR) is 101 cm³/mol. The van der Waals surface area contributed by atoms with Gasteiger partial charge in [-0.3, -0.25) is 9.36 Å². The lowest BCUT2D eigenvalue weighted by molar-refractivity contribution is -0.113. The molecule has 1 aromatic heterocycles. The van der Waals surface area contributed by atoms with Crippen LogP contribution >= 0.6 is 11.8 Å². The van der Waals surface area contributed by atoms with Crippen LogP contribution in [0.4, 0.5) is 5.69 Å². The van der Waals surface area contributed by atoms with Crippen molar-refractivity contribution in [1.29, 1.82) is 0 Å². The number of thioether (sulfide) groups is 1. The Morgan fingerprint density at radius 3 is 2.48 bits per heavy atom. The average molecular weight is 352 g/mol. The number of carbonyl (C=O) groups excluding carboxylic acids is 1. The van der Waals surface area contributed by atoms with Gasteiger partial charge >= 0.3 is 0 Å². The smallest absolute Gasteiger partial charge is 0.234 e. The van der Waals surface area contributed by atoms with Crippen LogP contribution in [0.1, 0.15) is 16.7 Å². The zero-order valence-corrected chi connectivity index (χ0v) is 15.3. The van der Waals surface area contributed by atoms with Gasteiger partial charge in [-0.05, 0) is 44.0 Å². The lowest BCUT2D eigenvalue weighted by Crippen LogP contribution is -2.16. The van der Waals surface area contributed by atoms with E-state index in [4.69, 9.17) is 0 Å². The number of para-hydroxylation sites is 1. The minimum absolute atomic E-state index is 0.0531. The van der Waals surface area contributed by atoms with Crippen molar-refractivity contribution in [2.24, 2.45) is 0 Å². The van der Waals surface area contributed by atoms with Gasteiger partial charge < -0.3 is 5.32 Å². The van der Waals surface area contributed by atoms with Crippen molar-refractivity contribution in [1.82, 2.24) is 14.8 Å². The predicted octanol–water partition coefficient (Wildman–Crippen LogP) is 3.92. The maximum Gasteiger partial charge on any atom is 0.234 e. The number of carbonyl (C=O) groups is 1. The summed E-state index contributed by atoms with van der Waals surface area (Å²) in [6, 6.07) is 14.0. The van der Waals surface area contributed by atoms with Crippen molar-refractivity contribution >= 4 is 23.4 Å². The summed E-state index contributed by atoms with van der Waals surface area (Å²) in [4.78, 5) is 12.4. The third-order valence-corrected chi connectivity index (χ3v) is 4.77. The van der Waals surface area contributed by atoms with E-state index in [1.807, 2.05) is 48.7 Å². The van der Waals surface area contributed by atoms with Crippen molar-refractivity contribution < 1.29 is 4.79 Å². The van der Waals surface area contributed by atoms with Gasteiger partial charge in [-0.25, -0.2) is 0 Å². The quantitative estimate of drug-likeness (QED) is 0.707. The molecule has 0 saturated carbocycles. The molecule has 0 aliphatic rings. The van der Waals surface area contributed by atoms with Gasteiger partial charge in [-0.2, -0.15) is 0 Å². The largest absolute Gasteiger partial charge is 0.325 e. The van der Waals surface area contributed by atoms with Crippen LogP contribution in [-0.2, 0) is 4.79 Å². The third-order valence-electron chi connectivity index (χ3n) is 3.82. The summed E-state index contributed by atoms with van der Waals surface area (Å²) in [5.41, 5.74) is 5.20. The summed E-state index contributed by atoms with van der Waals surface area (Å²) < 4.78 is 1.88. The standard InChI is InChI=1S/C19H20N4OS/c1-13-9-14(2)18(15(3)10-13)21-17(24)11-25-19-22-20-12-23(19)16-7-5-4-6-8-16/h4-10,12H,11H2,1-3H3,(H,21,24). The Morgan fingerprint density at radius 2 is 1.80 bits per heavy atom. The van der Waals surface area contributed by atoms with E-state index in [0.29, 0.717) is 5.16 Å². The molecule has 128 valence electrons. The molecule has 3 aromatic rings. The number of aryl methyl sites for hydroxylation is 3. The fraction of sp³-hybridized carbons (Fsp3) is 0.211. The molecule has 0 aliphatic carbocycles. The molecular formula is C19H20N4OS. The molecule has 1 heterocycles. The van der Waals surface area contributed by atoms with Crippen molar-refractivity contribution in [2.75, 3.05) is 11.1 Å². The Bertz CT molecular complexity index is 866. The second-order valence-electron chi connectivity index (χ2n) is 5.93. The van der Waals surface area contributed by atoms with E-state index in [-0.39, 0.29) is 11.7 Å². The number of rotatable bonds is 5. The molecule has 6 heteroatoms. The Hall–Kier alpha value is -2.60. The molecule has 1 amide bonds. The molecule has 0 unspecified atom stereocenters. The summed E-state index contributed by atoms with van der Waals surface area (Å²) >= 11 is 1.37. The second kappa shape index (κ2) is 7.53. The van der Waals surface area contributed by atoms with Crippen LogP contribution in [0, 0.1) is 20.8 Å². The first-order valence-corrected chi connectivity index (χ1v) is 8.99. The zero-order chi connectivity index (χ0) is 17.8. The molecule has 0 aliphatic heterocycles. The van der Waals surface area contributed by atoms with Crippen molar-refractivity contribution in [3.63, 3.8) is 0 Å². The third kappa shape index (κ3) is 4.09. The fourth-order valence-corrected chi connectivity index (χ4v) is 3.50. The Balaban J connectivity index is 1.67. The fourth-order valence-electron chi connectivity index (χ4n) is 2.77. The molecular weight excluding hydrogens is 332 g/mol. The summed E-state index contributed by atoms with van der Waals surface area (Å²) in [5.74, 6) is 0.223. The first-order chi connectivity index (χ1) is 12.0. The maximum absolute atomic E-state index is 12.4. The molecule has 0 bridgehead atoms. The van der Waals surface area contributed by atoms with Crippen LogP contribution in [0.2, 0.25) is 0 Å². The molecule has 5 nitrogen and oxygen atoms in total. The molecule has 0 atom stereocenters. The van der Waals surface area contributed by atoms with Gasteiger partial charge in [-0.15, -0.1) is 10.2 Å². The Morgan fingerprint density at radius 1 is 1.12 bits per heavy atom. The molecule has 0 fully saturated rings. The van der Waals surface area contributed by atoms with Gasteiger partial charge in [0.2, 0.25) is 5.91 Å². The van der Waals surface area contributed by atoms with Gasteiger partial charge in [0.05, 0.1) is 5.75 Å². The van der Waals surface area contributed by atoms with Gasteiger partial charge in [0, 0.05) is 11.4 Å². The van der Waals surface area contributed by atoms with E-state index in [0.717, 1.165) is 22.5 Å². The highest BCUT2D eigenvalue weighted by Gasteiger charge is 2.12. The zero-order valence-electron chi connectivity index (χ0n) is 14.5. The van der Waals surface area contributed by atoms with Crippen LogP contribution in [0.5, 0.6) is 0 Å². The highest BCUT2D eigenvalue weighted by molar-refractivity contribution is 7.99. The molecule has 25 heavy (non-hydrogen) atoms. The van der Waals surface area contributed by atoms with E-state index in [1.54, 1.807) is 6.33 Å². The van der Waals surface area contributed by atoms with Gasteiger partial charge in [0.15, 0.2) is 5.16 Å². The van der Waals surface area contributed by atoms with E-state index in [1.165, 1.54) is 17.3 Å². The molecule has 3 rings (SSSR count). The topological polar surface area (TPSA) is 59.8 Å². The molecule has 0 saturated heterocycles. The Kier molecular flexibility index (Phi) is 5.19. The molecule has 0 radical (unpaired) electrons. The van der Waals surface area contributed by atoms with Crippen molar-refractivity contribution in [3.05, 3.63) is 65.5 Å². The first-order valence-electron chi connectivity index (χ1n) is 8.00. The minimum atomic E-state index is -0.0531. The summed E-state index contributed by atoms with van der Waals surface area (Å²) in [7, 11) is 0. The van der Waals surface area contributed by atoms with Gasteiger partial charge in [-0.1, -0.05) is 47.7 Å². The van der Waals surface area contributed by atoms with Crippen LogP contribution in [0.15, 0.2) is 53.9 Å². The van der Waals surface area contributed by atoms with Crippen molar-refractivity contribution in [2.45, 2.75) is 25.9 Å². The minimum Gasteiger partial charge on any atom is -0.325 e. The van der Waals surface area contributed by atoms with Crippen LogP contribution in [0.3, 0.4) is 0 Å². The second-order valence-corrected chi connectivity index (χ2v) is 6.87. The molecule has 0 spiro atoms. The summed E-state index contributed by atoms with van der Waals surface area (Å²) in [6.45, 7) is 6.07.